The predicted octanol–water partition coefficient (Wildman–Crippen LogP) is 2.09. The van der Waals surface area contributed by atoms with Crippen LogP contribution in [0.1, 0.15) is 40.0 Å². The first kappa shape index (κ1) is 12.0. The number of rotatable bonds is 2. The van der Waals surface area contributed by atoms with E-state index in [1.807, 2.05) is 6.07 Å². The maximum absolute atomic E-state index is 11.6. The molecule has 0 radical (unpaired) electrons. The molecule has 0 aliphatic heterocycles. The first-order valence-corrected chi connectivity index (χ1v) is 5.76. The number of nitrogens with one attached hydrogen (secondary N) is 1. The van der Waals surface area contributed by atoms with Gasteiger partial charge < -0.3 is 5.32 Å². The van der Waals surface area contributed by atoms with Crippen molar-refractivity contribution in [1.29, 1.82) is 5.26 Å². The molecule has 0 saturated heterocycles. The number of amides is 1. The van der Waals surface area contributed by atoms with Gasteiger partial charge >= 0.3 is 0 Å². The molecule has 3 nitrogen and oxygen atoms in total. The minimum atomic E-state index is -0.533. The molecule has 0 aromatic rings. The van der Waals surface area contributed by atoms with E-state index in [0.717, 1.165) is 6.42 Å². The molecule has 1 rings (SSSR count). The number of hydrogen-bond acceptors (Lipinski definition) is 2. The first-order valence-electron chi connectivity index (χ1n) is 5.76. The fourth-order valence-corrected chi connectivity index (χ4v) is 2.15. The van der Waals surface area contributed by atoms with Crippen molar-refractivity contribution >= 4 is 5.91 Å². The van der Waals surface area contributed by atoms with Gasteiger partial charge in [-0.25, -0.2) is 0 Å². The molecule has 1 N–H and O–H groups in total. The Balaban J connectivity index is 2.51. The summed E-state index contributed by atoms with van der Waals surface area (Å²) in [7, 11) is 0. The smallest absolute Gasteiger partial charge is 0.237 e. The van der Waals surface area contributed by atoms with Gasteiger partial charge in [-0.2, -0.15) is 5.26 Å². The van der Waals surface area contributed by atoms with E-state index in [1.165, 1.54) is 12.8 Å². The van der Waals surface area contributed by atoms with Gasteiger partial charge in [-0.15, -0.1) is 0 Å². The maximum Gasteiger partial charge on any atom is 0.237 e. The highest BCUT2D eigenvalue weighted by Gasteiger charge is 2.29. The lowest BCUT2D eigenvalue weighted by molar-refractivity contribution is -0.124. The maximum atomic E-state index is 11.6. The number of hydrogen-bond donors (Lipinski definition) is 1. The van der Waals surface area contributed by atoms with Crippen LogP contribution in [-0.4, -0.2) is 11.9 Å². The van der Waals surface area contributed by atoms with Crippen molar-refractivity contribution in [2.45, 2.75) is 46.1 Å². The molecule has 0 aromatic heterocycles. The second-order valence-electron chi connectivity index (χ2n) is 4.73. The van der Waals surface area contributed by atoms with Crippen LogP contribution in [0.4, 0.5) is 0 Å². The second kappa shape index (κ2) is 5.16. The van der Waals surface area contributed by atoms with Crippen molar-refractivity contribution in [3.63, 3.8) is 0 Å². The van der Waals surface area contributed by atoms with Crippen LogP contribution in [0.2, 0.25) is 0 Å². The summed E-state index contributed by atoms with van der Waals surface area (Å²) >= 11 is 0. The Labute approximate surface area is 91.9 Å². The number of carbonyl (C=O) groups is 1. The standard InChI is InChI=1S/C12H20N2O/c1-8-5-4-6-11(10(8)3)14-12(15)9(2)7-13/h8-11H,4-6H2,1-3H3,(H,14,15). The number of nitriles is 1. The van der Waals surface area contributed by atoms with Crippen LogP contribution in [0.5, 0.6) is 0 Å². The quantitative estimate of drug-likeness (QED) is 0.755. The Hall–Kier alpha value is -1.04. The molecule has 1 amide bonds. The van der Waals surface area contributed by atoms with Gasteiger partial charge in [-0.05, 0) is 25.2 Å². The normalized spacial score (nSPS) is 32.8. The summed E-state index contributed by atoms with van der Waals surface area (Å²) in [5, 5.41) is 11.6. The minimum absolute atomic E-state index is 0.122. The molecule has 1 fully saturated rings. The monoisotopic (exact) mass is 208 g/mol. The van der Waals surface area contributed by atoms with Crippen molar-refractivity contribution in [3.05, 3.63) is 0 Å². The van der Waals surface area contributed by atoms with E-state index in [-0.39, 0.29) is 11.9 Å². The van der Waals surface area contributed by atoms with Gasteiger partial charge in [0.1, 0.15) is 5.92 Å². The van der Waals surface area contributed by atoms with Crippen molar-refractivity contribution in [1.82, 2.24) is 5.32 Å². The Kier molecular flexibility index (Phi) is 4.14. The summed E-state index contributed by atoms with van der Waals surface area (Å²) in [6.45, 7) is 6.06. The summed E-state index contributed by atoms with van der Waals surface area (Å²) < 4.78 is 0. The summed E-state index contributed by atoms with van der Waals surface area (Å²) in [5.41, 5.74) is 0. The molecule has 0 heterocycles. The average molecular weight is 208 g/mol. The molecular weight excluding hydrogens is 188 g/mol. The molecule has 1 saturated carbocycles. The zero-order chi connectivity index (χ0) is 11.4. The van der Waals surface area contributed by atoms with Crippen molar-refractivity contribution in [3.8, 4) is 6.07 Å². The van der Waals surface area contributed by atoms with Crippen LogP contribution in [0.3, 0.4) is 0 Å². The molecule has 4 atom stereocenters. The zero-order valence-corrected chi connectivity index (χ0v) is 9.79. The lowest BCUT2D eigenvalue weighted by Crippen LogP contribution is -2.45. The van der Waals surface area contributed by atoms with E-state index in [9.17, 15) is 4.79 Å². The van der Waals surface area contributed by atoms with E-state index in [1.54, 1.807) is 6.92 Å². The van der Waals surface area contributed by atoms with Crippen LogP contribution >= 0.6 is 0 Å². The van der Waals surface area contributed by atoms with Gasteiger partial charge in [-0.1, -0.05) is 26.7 Å². The van der Waals surface area contributed by atoms with Crippen LogP contribution in [0.25, 0.3) is 0 Å². The Morgan fingerprint density at radius 3 is 2.73 bits per heavy atom. The van der Waals surface area contributed by atoms with Crippen LogP contribution < -0.4 is 5.32 Å². The molecule has 15 heavy (non-hydrogen) atoms. The fraction of sp³-hybridized carbons (Fsp3) is 0.833. The van der Waals surface area contributed by atoms with E-state index >= 15 is 0 Å². The predicted molar refractivity (Wildman–Crippen MR) is 58.9 cm³/mol. The summed E-state index contributed by atoms with van der Waals surface area (Å²) in [6.07, 6.45) is 3.48. The molecule has 1 aliphatic rings. The topological polar surface area (TPSA) is 52.9 Å². The Morgan fingerprint density at radius 1 is 1.47 bits per heavy atom. The molecule has 1 aliphatic carbocycles. The summed E-state index contributed by atoms with van der Waals surface area (Å²) in [6, 6.07) is 2.23. The highest BCUT2D eigenvalue weighted by molar-refractivity contribution is 5.80. The van der Waals surface area contributed by atoms with Crippen molar-refractivity contribution in [2.24, 2.45) is 17.8 Å². The molecule has 4 unspecified atom stereocenters. The van der Waals surface area contributed by atoms with Gasteiger partial charge in [0, 0.05) is 6.04 Å². The third-order valence-corrected chi connectivity index (χ3v) is 3.62. The molecule has 0 spiro atoms. The number of nitrogens with zero attached hydrogens (tertiary/aromatic N) is 1. The first-order chi connectivity index (χ1) is 7.06. The zero-order valence-electron chi connectivity index (χ0n) is 9.79. The molecular formula is C12H20N2O. The number of carbonyl (C=O) groups excluding carboxylic acids is 1. The average Bonchev–Trinajstić information content (AvgIpc) is 2.23. The lowest BCUT2D eigenvalue weighted by atomic mass is 9.78. The molecule has 3 heteroatoms. The molecule has 0 bridgehead atoms. The van der Waals surface area contributed by atoms with E-state index in [0.29, 0.717) is 11.8 Å². The summed E-state index contributed by atoms with van der Waals surface area (Å²) in [4.78, 5) is 11.6. The van der Waals surface area contributed by atoms with E-state index < -0.39 is 5.92 Å². The van der Waals surface area contributed by atoms with Gasteiger partial charge in [0.05, 0.1) is 6.07 Å². The largest absolute Gasteiger partial charge is 0.352 e. The van der Waals surface area contributed by atoms with Crippen LogP contribution in [0.15, 0.2) is 0 Å². The highest BCUT2D eigenvalue weighted by atomic mass is 16.1. The second-order valence-corrected chi connectivity index (χ2v) is 4.73. The van der Waals surface area contributed by atoms with E-state index in [2.05, 4.69) is 19.2 Å². The van der Waals surface area contributed by atoms with Crippen LogP contribution in [0, 0.1) is 29.1 Å². The third-order valence-electron chi connectivity index (χ3n) is 3.62. The molecule has 84 valence electrons. The molecule has 0 aromatic carbocycles. The summed E-state index contributed by atoms with van der Waals surface area (Å²) in [5.74, 6) is 0.535. The third kappa shape index (κ3) is 2.95. The van der Waals surface area contributed by atoms with Crippen molar-refractivity contribution in [2.75, 3.05) is 0 Å². The SMILES string of the molecule is CC(C#N)C(=O)NC1CCCC(C)C1C. The lowest BCUT2D eigenvalue weighted by Gasteiger charge is -2.34. The van der Waals surface area contributed by atoms with Gasteiger partial charge in [0.15, 0.2) is 0 Å². The fourth-order valence-electron chi connectivity index (χ4n) is 2.15. The van der Waals surface area contributed by atoms with E-state index in [4.69, 9.17) is 5.26 Å². The minimum Gasteiger partial charge on any atom is -0.352 e. The Morgan fingerprint density at radius 2 is 2.13 bits per heavy atom. The van der Waals surface area contributed by atoms with Crippen LogP contribution in [-0.2, 0) is 4.79 Å². The van der Waals surface area contributed by atoms with Gasteiger partial charge in [-0.3, -0.25) is 4.79 Å². The highest BCUT2D eigenvalue weighted by Crippen LogP contribution is 2.29. The van der Waals surface area contributed by atoms with Gasteiger partial charge in [0.2, 0.25) is 5.91 Å². The van der Waals surface area contributed by atoms with Crippen molar-refractivity contribution < 1.29 is 4.79 Å². The van der Waals surface area contributed by atoms with Gasteiger partial charge in [0.25, 0.3) is 0 Å². The Bertz CT molecular complexity index is 269.